The zero-order valence-electron chi connectivity index (χ0n) is 9.58. The second kappa shape index (κ2) is 5.51. The molecule has 0 bridgehead atoms. The number of aromatic hydroxyl groups is 1. The third-order valence-corrected chi connectivity index (χ3v) is 2.72. The van der Waals surface area contributed by atoms with Crippen LogP contribution in [0.15, 0.2) is 54.6 Å². The molecule has 0 amide bonds. The Balaban J connectivity index is 1.93. The molecule has 1 atom stereocenters. The highest BCUT2D eigenvalue weighted by Crippen LogP contribution is 2.13. The maximum atomic E-state index is 9.96. The first kappa shape index (κ1) is 11.7. The Labute approximate surface area is 101 Å². The third-order valence-electron chi connectivity index (χ3n) is 2.72. The van der Waals surface area contributed by atoms with Crippen molar-refractivity contribution in [1.82, 2.24) is 0 Å². The summed E-state index contributed by atoms with van der Waals surface area (Å²) in [5.41, 5.74) is 2.17. The van der Waals surface area contributed by atoms with Crippen LogP contribution in [0.1, 0.15) is 11.1 Å². The number of aliphatic hydroxyl groups is 1. The molecule has 0 radical (unpaired) electrons. The summed E-state index contributed by atoms with van der Waals surface area (Å²) in [4.78, 5) is 0. The molecule has 0 aromatic heterocycles. The van der Waals surface area contributed by atoms with E-state index in [0.29, 0.717) is 12.8 Å². The standard InChI is InChI=1S/C15H16O2/c16-14-8-6-13(7-9-14)11-15(17)10-12-4-2-1-3-5-12/h1-9,15-17H,10-11H2. The number of hydrogen-bond donors (Lipinski definition) is 2. The summed E-state index contributed by atoms with van der Waals surface area (Å²) in [6.45, 7) is 0. The van der Waals surface area contributed by atoms with Gasteiger partial charge in [0.15, 0.2) is 0 Å². The van der Waals surface area contributed by atoms with Gasteiger partial charge in [-0.3, -0.25) is 0 Å². The Bertz CT molecular complexity index is 448. The average molecular weight is 228 g/mol. The lowest BCUT2D eigenvalue weighted by atomic mass is 10.0. The van der Waals surface area contributed by atoms with Crippen molar-refractivity contribution in [3.63, 3.8) is 0 Å². The molecule has 0 aliphatic carbocycles. The minimum atomic E-state index is -0.387. The predicted molar refractivity (Wildman–Crippen MR) is 68.0 cm³/mol. The fourth-order valence-electron chi connectivity index (χ4n) is 1.86. The quantitative estimate of drug-likeness (QED) is 0.844. The number of aliphatic hydroxyl groups excluding tert-OH is 1. The zero-order chi connectivity index (χ0) is 12.1. The molecule has 0 fully saturated rings. The molecular weight excluding hydrogens is 212 g/mol. The minimum Gasteiger partial charge on any atom is -0.508 e. The van der Waals surface area contributed by atoms with Crippen LogP contribution in [-0.2, 0) is 12.8 Å². The Kier molecular flexibility index (Phi) is 3.78. The van der Waals surface area contributed by atoms with Gasteiger partial charge >= 0.3 is 0 Å². The van der Waals surface area contributed by atoms with E-state index in [1.165, 1.54) is 0 Å². The van der Waals surface area contributed by atoms with Gasteiger partial charge in [0.05, 0.1) is 6.10 Å². The average Bonchev–Trinajstić information content (AvgIpc) is 2.33. The number of hydrogen-bond acceptors (Lipinski definition) is 2. The molecule has 1 unspecified atom stereocenters. The van der Waals surface area contributed by atoms with Crippen LogP contribution in [0.2, 0.25) is 0 Å². The van der Waals surface area contributed by atoms with Crippen molar-refractivity contribution in [3.8, 4) is 5.75 Å². The molecular formula is C15H16O2. The molecule has 0 spiro atoms. The van der Waals surface area contributed by atoms with Crippen molar-refractivity contribution in [2.75, 3.05) is 0 Å². The van der Waals surface area contributed by atoms with Gasteiger partial charge in [0.1, 0.15) is 5.75 Å². The molecule has 2 nitrogen and oxygen atoms in total. The van der Waals surface area contributed by atoms with E-state index in [0.717, 1.165) is 11.1 Å². The van der Waals surface area contributed by atoms with Gasteiger partial charge in [-0.2, -0.15) is 0 Å². The predicted octanol–water partition coefficient (Wildman–Crippen LogP) is 2.54. The SMILES string of the molecule is Oc1ccc(CC(O)Cc2ccccc2)cc1. The Morgan fingerprint density at radius 2 is 1.29 bits per heavy atom. The van der Waals surface area contributed by atoms with Crippen LogP contribution in [0.25, 0.3) is 0 Å². The maximum absolute atomic E-state index is 9.96. The largest absolute Gasteiger partial charge is 0.508 e. The first-order valence-electron chi connectivity index (χ1n) is 5.74. The van der Waals surface area contributed by atoms with Gasteiger partial charge in [-0.1, -0.05) is 42.5 Å². The molecule has 0 aliphatic heterocycles. The van der Waals surface area contributed by atoms with Crippen molar-refractivity contribution in [2.45, 2.75) is 18.9 Å². The molecule has 2 aromatic rings. The molecule has 0 saturated heterocycles. The Hall–Kier alpha value is -1.80. The van der Waals surface area contributed by atoms with Crippen LogP contribution >= 0.6 is 0 Å². The van der Waals surface area contributed by atoms with E-state index in [9.17, 15) is 5.11 Å². The molecule has 88 valence electrons. The van der Waals surface area contributed by atoms with Crippen LogP contribution in [0.4, 0.5) is 0 Å². The topological polar surface area (TPSA) is 40.5 Å². The number of rotatable bonds is 4. The summed E-state index contributed by atoms with van der Waals surface area (Å²) < 4.78 is 0. The molecule has 2 aromatic carbocycles. The van der Waals surface area contributed by atoms with Gasteiger partial charge in [0, 0.05) is 0 Å². The Morgan fingerprint density at radius 3 is 1.88 bits per heavy atom. The number of phenolic OH excluding ortho intramolecular Hbond substituents is 1. The first-order chi connectivity index (χ1) is 8.24. The van der Waals surface area contributed by atoms with Gasteiger partial charge < -0.3 is 10.2 Å². The molecule has 17 heavy (non-hydrogen) atoms. The minimum absolute atomic E-state index is 0.256. The van der Waals surface area contributed by atoms with Crippen LogP contribution in [-0.4, -0.2) is 16.3 Å². The van der Waals surface area contributed by atoms with Gasteiger partial charge in [0.2, 0.25) is 0 Å². The van der Waals surface area contributed by atoms with Crippen LogP contribution in [0.3, 0.4) is 0 Å². The van der Waals surface area contributed by atoms with Crippen molar-refractivity contribution in [2.24, 2.45) is 0 Å². The molecule has 0 saturated carbocycles. The molecule has 2 rings (SSSR count). The summed E-state index contributed by atoms with van der Waals surface area (Å²) >= 11 is 0. The fourth-order valence-corrected chi connectivity index (χ4v) is 1.86. The fraction of sp³-hybridized carbons (Fsp3) is 0.200. The molecule has 0 heterocycles. The van der Waals surface area contributed by atoms with Crippen LogP contribution in [0.5, 0.6) is 5.75 Å². The summed E-state index contributed by atoms with van der Waals surface area (Å²) in [7, 11) is 0. The lowest BCUT2D eigenvalue weighted by Gasteiger charge is -2.10. The monoisotopic (exact) mass is 228 g/mol. The first-order valence-corrected chi connectivity index (χ1v) is 5.74. The van der Waals surface area contributed by atoms with Gasteiger partial charge in [-0.25, -0.2) is 0 Å². The van der Waals surface area contributed by atoms with Crippen LogP contribution < -0.4 is 0 Å². The zero-order valence-corrected chi connectivity index (χ0v) is 9.58. The second-order valence-electron chi connectivity index (χ2n) is 4.21. The normalized spacial score (nSPS) is 12.3. The highest BCUT2D eigenvalue weighted by Gasteiger charge is 2.06. The summed E-state index contributed by atoms with van der Waals surface area (Å²) in [6, 6.07) is 16.9. The Morgan fingerprint density at radius 1 is 0.765 bits per heavy atom. The van der Waals surface area contributed by atoms with Crippen molar-refractivity contribution in [3.05, 3.63) is 65.7 Å². The molecule has 2 heteroatoms. The smallest absolute Gasteiger partial charge is 0.115 e. The van der Waals surface area contributed by atoms with Crippen molar-refractivity contribution < 1.29 is 10.2 Å². The van der Waals surface area contributed by atoms with Gasteiger partial charge in [-0.15, -0.1) is 0 Å². The lowest BCUT2D eigenvalue weighted by molar-refractivity contribution is 0.175. The third kappa shape index (κ3) is 3.61. The van der Waals surface area contributed by atoms with E-state index in [4.69, 9.17) is 5.11 Å². The number of benzene rings is 2. The maximum Gasteiger partial charge on any atom is 0.115 e. The van der Waals surface area contributed by atoms with E-state index in [-0.39, 0.29) is 11.9 Å². The van der Waals surface area contributed by atoms with E-state index in [1.54, 1.807) is 12.1 Å². The molecule has 2 N–H and O–H groups in total. The highest BCUT2D eigenvalue weighted by atomic mass is 16.3. The summed E-state index contributed by atoms with van der Waals surface area (Å²) in [5.74, 6) is 0.256. The van der Waals surface area contributed by atoms with Crippen molar-refractivity contribution in [1.29, 1.82) is 0 Å². The van der Waals surface area contributed by atoms with E-state index in [1.807, 2.05) is 42.5 Å². The van der Waals surface area contributed by atoms with E-state index < -0.39 is 0 Å². The van der Waals surface area contributed by atoms with Crippen molar-refractivity contribution >= 4 is 0 Å². The second-order valence-corrected chi connectivity index (χ2v) is 4.21. The highest BCUT2D eigenvalue weighted by molar-refractivity contribution is 5.26. The lowest BCUT2D eigenvalue weighted by Crippen LogP contribution is -2.13. The summed E-state index contributed by atoms with van der Waals surface area (Å²) in [6.07, 6.45) is 0.874. The van der Waals surface area contributed by atoms with Gasteiger partial charge in [-0.05, 0) is 36.1 Å². The van der Waals surface area contributed by atoms with Gasteiger partial charge in [0.25, 0.3) is 0 Å². The summed E-state index contributed by atoms with van der Waals surface area (Å²) in [5, 5.41) is 19.1. The van der Waals surface area contributed by atoms with E-state index >= 15 is 0 Å². The molecule has 0 aliphatic rings. The van der Waals surface area contributed by atoms with Crippen LogP contribution in [0, 0.1) is 0 Å². The number of phenols is 1. The van der Waals surface area contributed by atoms with E-state index in [2.05, 4.69) is 0 Å².